The summed E-state index contributed by atoms with van der Waals surface area (Å²) in [6, 6.07) is 9.56. The van der Waals surface area contributed by atoms with E-state index in [0.717, 1.165) is 13.1 Å². The van der Waals surface area contributed by atoms with Crippen LogP contribution in [0.2, 0.25) is 0 Å². The summed E-state index contributed by atoms with van der Waals surface area (Å²) in [5.41, 5.74) is 6.62. The Morgan fingerprint density at radius 1 is 1.19 bits per heavy atom. The Kier molecular flexibility index (Phi) is 5.16. The lowest BCUT2D eigenvalue weighted by Crippen LogP contribution is -2.52. The molecule has 1 aromatic rings. The molecule has 21 heavy (non-hydrogen) atoms. The zero-order valence-electron chi connectivity index (χ0n) is 12.3. The van der Waals surface area contributed by atoms with Crippen molar-refractivity contribution < 1.29 is 9.59 Å². The van der Waals surface area contributed by atoms with Crippen LogP contribution in [0.15, 0.2) is 30.3 Å². The van der Waals surface area contributed by atoms with Crippen molar-refractivity contribution in [3.63, 3.8) is 0 Å². The van der Waals surface area contributed by atoms with E-state index in [1.165, 1.54) is 5.69 Å². The van der Waals surface area contributed by atoms with E-state index in [-0.39, 0.29) is 18.4 Å². The van der Waals surface area contributed by atoms with Gasteiger partial charge in [-0.3, -0.25) is 9.59 Å². The monoisotopic (exact) mass is 290 g/mol. The van der Waals surface area contributed by atoms with E-state index in [1.54, 1.807) is 11.8 Å². The number of nitrogens with zero attached hydrogens (tertiary/aromatic N) is 2. The second-order valence-corrected chi connectivity index (χ2v) is 5.21. The van der Waals surface area contributed by atoms with E-state index in [4.69, 9.17) is 5.73 Å². The third-order valence-corrected chi connectivity index (χ3v) is 3.58. The number of piperazine rings is 1. The number of rotatable bonds is 4. The van der Waals surface area contributed by atoms with Gasteiger partial charge < -0.3 is 20.9 Å². The van der Waals surface area contributed by atoms with Crippen molar-refractivity contribution in [3.8, 4) is 0 Å². The SMILES string of the molecule is CC(N)C(=O)NCC(=O)N1CCN(c2ccccc2)CC1. The minimum absolute atomic E-state index is 0.0196. The summed E-state index contributed by atoms with van der Waals surface area (Å²) in [6.45, 7) is 4.56. The van der Waals surface area contributed by atoms with Crippen molar-refractivity contribution in [2.75, 3.05) is 37.6 Å². The highest BCUT2D eigenvalue weighted by molar-refractivity contribution is 5.87. The molecule has 1 aliphatic rings. The van der Waals surface area contributed by atoms with Gasteiger partial charge in [0, 0.05) is 31.9 Å². The second-order valence-electron chi connectivity index (χ2n) is 5.21. The molecular formula is C15H22N4O2. The van der Waals surface area contributed by atoms with Crippen molar-refractivity contribution in [1.82, 2.24) is 10.2 Å². The van der Waals surface area contributed by atoms with Crippen LogP contribution in [-0.2, 0) is 9.59 Å². The second kappa shape index (κ2) is 7.08. The molecule has 0 saturated carbocycles. The maximum Gasteiger partial charge on any atom is 0.242 e. The first-order valence-corrected chi connectivity index (χ1v) is 7.19. The lowest BCUT2D eigenvalue weighted by atomic mass is 10.2. The number of nitrogens with two attached hydrogens (primary N) is 1. The molecule has 1 atom stereocenters. The normalized spacial score (nSPS) is 16.5. The number of carbonyl (C=O) groups excluding carboxylic acids is 2. The molecule has 6 heteroatoms. The van der Waals surface area contributed by atoms with Crippen LogP contribution in [0.25, 0.3) is 0 Å². The largest absolute Gasteiger partial charge is 0.368 e. The minimum Gasteiger partial charge on any atom is -0.368 e. The molecule has 3 N–H and O–H groups in total. The molecular weight excluding hydrogens is 268 g/mol. The zero-order chi connectivity index (χ0) is 15.2. The van der Waals surface area contributed by atoms with Crippen molar-refractivity contribution in [2.45, 2.75) is 13.0 Å². The lowest BCUT2D eigenvalue weighted by Gasteiger charge is -2.36. The molecule has 0 radical (unpaired) electrons. The summed E-state index contributed by atoms with van der Waals surface area (Å²) in [5.74, 6) is -0.358. The summed E-state index contributed by atoms with van der Waals surface area (Å²) >= 11 is 0. The number of hydrogen-bond acceptors (Lipinski definition) is 4. The van der Waals surface area contributed by atoms with Gasteiger partial charge in [0.1, 0.15) is 0 Å². The summed E-state index contributed by atoms with van der Waals surface area (Å²) in [4.78, 5) is 27.4. The number of nitrogens with one attached hydrogen (secondary N) is 1. The molecule has 2 amide bonds. The molecule has 1 aromatic carbocycles. The van der Waals surface area contributed by atoms with Crippen LogP contribution < -0.4 is 16.0 Å². The van der Waals surface area contributed by atoms with E-state index in [1.807, 2.05) is 18.2 Å². The number of para-hydroxylation sites is 1. The Bertz CT molecular complexity index is 482. The highest BCUT2D eigenvalue weighted by atomic mass is 16.2. The molecule has 0 aliphatic carbocycles. The molecule has 2 rings (SSSR count). The molecule has 1 heterocycles. The van der Waals surface area contributed by atoms with Gasteiger partial charge in [-0.1, -0.05) is 18.2 Å². The van der Waals surface area contributed by atoms with Gasteiger partial charge >= 0.3 is 0 Å². The van der Waals surface area contributed by atoms with Gasteiger partial charge in [0.25, 0.3) is 0 Å². The van der Waals surface area contributed by atoms with Crippen LogP contribution in [0.4, 0.5) is 5.69 Å². The lowest BCUT2D eigenvalue weighted by molar-refractivity contribution is -0.133. The van der Waals surface area contributed by atoms with Gasteiger partial charge in [0.05, 0.1) is 12.6 Å². The van der Waals surface area contributed by atoms with Crippen molar-refractivity contribution in [2.24, 2.45) is 5.73 Å². The zero-order valence-corrected chi connectivity index (χ0v) is 12.3. The van der Waals surface area contributed by atoms with E-state index >= 15 is 0 Å². The molecule has 1 aliphatic heterocycles. The fourth-order valence-electron chi connectivity index (χ4n) is 2.29. The fraction of sp³-hybridized carbons (Fsp3) is 0.467. The topological polar surface area (TPSA) is 78.7 Å². The Labute approximate surface area is 124 Å². The number of amides is 2. The van der Waals surface area contributed by atoms with Crippen LogP contribution >= 0.6 is 0 Å². The third-order valence-electron chi connectivity index (χ3n) is 3.58. The van der Waals surface area contributed by atoms with E-state index in [2.05, 4.69) is 22.3 Å². The Morgan fingerprint density at radius 2 is 1.81 bits per heavy atom. The molecule has 1 unspecified atom stereocenters. The van der Waals surface area contributed by atoms with Crippen LogP contribution in [0.3, 0.4) is 0 Å². The number of hydrogen-bond donors (Lipinski definition) is 2. The summed E-state index contributed by atoms with van der Waals surface area (Å²) in [5, 5.41) is 2.55. The predicted octanol–water partition coefficient (Wildman–Crippen LogP) is -0.201. The van der Waals surface area contributed by atoms with E-state index < -0.39 is 6.04 Å². The summed E-state index contributed by atoms with van der Waals surface area (Å²) in [6.07, 6.45) is 0. The fourth-order valence-corrected chi connectivity index (χ4v) is 2.29. The third kappa shape index (κ3) is 4.19. The van der Waals surface area contributed by atoms with Crippen molar-refractivity contribution >= 4 is 17.5 Å². The minimum atomic E-state index is -0.590. The molecule has 1 saturated heterocycles. The number of anilines is 1. The molecule has 0 aromatic heterocycles. The van der Waals surface area contributed by atoms with Gasteiger partial charge in [-0.2, -0.15) is 0 Å². The predicted molar refractivity (Wildman–Crippen MR) is 81.9 cm³/mol. The van der Waals surface area contributed by atoms with E-state index in [9.17, 15) is 9.59 Å². The highest BCUT2D eigenvalue weighted by Crippen LogP contribution is 2.15. The van der Waals surface area contributed by atoms with Crippen LogP contribution in [0, 0.1) is 0 Å². The van der Waals surface area contributed by atoms with Gasteiger partial charge in [0.15, 0.2) is 0 Å². The molecule has 1 fully saturated rings. The smallest absolute Gasteiger partial charge is 0.242 e. The average Bonchev–Trinajstić information content (AvgIpc) is 2.53. The molecule has 6 nitrogen and oxygen atoms in total. The Hall–Kier alpha value is -2.08. The van der Waals surface area contributed by atoms with Crippen LogP contribution in [-0.4, -0.2) is 55.5 Å². The van der Waals surface area contributed by atoms with Crippen molar-refractivity contribution in [3.05, 3.63) is 30.3 Å². The number of carbonyl (C=O) groups is 2. The van der Waals surface area contributed by atoms with Crippen LogP contribution in [0.5, 0.6) is 0 Å². The maximum absolute atomic E-state index is 12.0. The summed E-state index contributed by atoms with van der Waals surface area (Å²) < 4.78 is 0. The van der Waals surface area contributed by atoms with Crippen LogP contribution in [0.1, 0.15) is 6.92 Å². The molecule has 0 bridgehead atoms. The van der Waals surface area contributed by atoms with E-state index in [0.29, 0.717) is 13.1 Å². The first-order valence-electron chi connectivity index (χ1n) is 7.19. The highest BCUT2D eigenvalue weighted by Gasteiger charge is 2.21. The Balaban J connectivity index is 1.78. The van der Waals surface area contributed by atoms with Gasteiger partial charge in [-0.25, -0.2) is 0 Å². The quantitative estimate of drug-likeness (QED) is 0.805. The maximum atomic E-state index is 12.0. The van der Waals surface area contributed by atoms with Gasteiger partial charge in [-0.05, 0) is 19.1 Å². The number of benzene rings is 1. The standard InChI is InChI=1S/C15H22N4O2/c1-12(16)15(21)17-11-14(20)19-9-7-18(8-10-19)13-5-3-2-4-6-13/h2-6,12H,7-11,16H2,1H3,(H,17,21). The molecule has 0 spiro atoms. The van der Waals surface area contributed by atoms with Crippen molar-refractivity contribution in [1.29, 1.82) is 0 Å². The average molecular weight is 290 g/mol. The van der Waals surface area contributed by atoms with Gasteiger partial charge in [-0.15, -0.1) is 0 Å². The van der Waals surface area contributed by atoms with Gasteiger partial charge in [0.2, 0.25) is 11.8 Å². The first kappa shape index (κ1) is 15.3. The summed E-state index contributed by atoms with van der Waals surface area (Å²) in [7, 11) is 0. The Morgan fingerprint density at radius 3 is 2.38 bits per heavy atom. The molecule has 114 valence electrons. The first-order chi connectivity index (χ1) is 10.1.